The van der Waals surface area contributed by atoms with Crippen molar-refractivity contribution in [2.45, 2.75) is 45.6 Å². The first kappa shape index (κ1) is 14.2. The molecule has 3 atom stereocenters. The van der Waals surface area contributed by atoms with Crippen LogP contribution in [0.1, 0.15) is 40.0 Å². The Bertz CT molecular complexity index is 360. The van der Waals surface area contributed by atoms with Gasteiger partial charge in [-0.1, -0.05) is 0 Å². The van der Waals surface area contributed by atoms with E-state index in [2.05, 4.69) is 0 Å². The molecule has 19 heavy (non-hydrogen) atoms. The molecule has 1 heterocycles. The molecule has 5 nitrogen and oxygen atoms in total. The third-order valence-electron chi connectivity index (χ3n) is 3.86. The van der Waals surface area contributed by atoms with Crippen LogP contribution in [0.3, 0.4) is 0 Å². The minimum absolute atomic E-state index is 0.232. The summed E-state index contributed by atoms with van der Waals surface area (Å²) in [4.78, 5) is 24.9. The molecule has 1 N–H and O–H groups in total. The van der Waals surface area contributed by atoms with E-state index in [0.29, 0.717) is 37.8 Å². The highest BCUT2D eigenvalue weighted by atomic mass is 16.6. The first-order valence-electron chi connectivity index (χ1n) is 6.95. The van der Waals surface area contributed by atoms with Crippen LogP contribution in [0.4, 0.5) is 4.79 Å². The van der Waals surface area contributed by atoms with Gasteiger partial charge in [0.05, 0.1) is 5.92 Å². The lowest BCUT2D eigenvalue weighted by Crippen LogP contribution is -2.49. The van der Waals surface area contributed by atoms with E-state index in [4.69, 9.17) is 9.84 Å². The van der Waals surface area contributed by atoms with Crippen molar-refractivity contribution in [2.75, 3.05) is 13.1 Å². The van der Waals surface area contributed by atoms with Crippen LogP contribution in [0.2, 0.25) is 0 Å². The standard InChI is InChI=1S/C14H23NO4/c1-14(2,3)19-13(18)15-7-9-4-10(8-15)6-11(5-9)12(16)17/h9-11H,4-8H2,1-3H3,(H,16,17)/t9-,10+,11?. The molecule has 1 unspecified atom stereocenters. The highest BCUT2D eigenvalue weighted by Crippen LogP contribution is 2.38. The first-order chi connectivity index (χ1) is 8.74. The van der Waals surface area contributed by atoms with Crippen LogP contribution in [-0.4, -0.2) is 40.8 Å². The summed E-state index contributed by atoms with van der Waals surface area (Å²) >= 11 is 0. The van der Waals surface area contributed by atoms with Crippen molar-refractivity contribution < 1.29 is 19.4 Å². The number of piperidine rings is 1. The topological polar surface area (TPSA) is 66.8 Å². The van der Waals surface area contributed by atoms with Gasteiger partial charge in [0.1, 0.15) is 5.60 Å². The van der Waals surface area contributed by atoms with Gasteiger partial charge in [0.25, 0.3) is 0 Å². The van der Waals surface area contributed by atoms with Gasteiger partial charge in [0.2, 0.25) is 0 Å². The van der Waals surface area contributed by atoms with E-state index < -0.39 is 11.6 Å². The van der Waals surface area contributed by atoms with E-state index in [1.165, 1.54) is 0 Å². The van der Waals surface area contributed by atoms with Crippen molar-refractivity contribution >= 4 is 12.1 Å². The van der Waals surface area contributed by atoms with E-state index in [1.807, 2.05) is 20.8 Å². The number of aliphatic carboxylic acids is 1. The summed E-state index contributed by atoms with van der Waals surface area (Å²) in [5, 5.41) is 9.12. The van der Waals surface area contributed by atoms with Crippen molar-refractivity contribution in [1.82, 2.24) is 4.90 Å². The highest BCUT2D eigenvalue weighted by Gasteiger charge is 2.40. The Kier molecular flexibility index (Phi) is 3.74. The number of fused-ring (bicyclic) bond motifs is 2. The van der Waals surface area contributed by atoms with Gasteiger partial charge in [0.15, 0.2) is 0 Å². The fourth-order valence-corrected chi connectivity index (χ4v) is 3.24. The SMILES string of the molecule is CC(C)(C)OC(=O)N1C[C@@H]2CC(C(=O)O)C[C@@H](C2)C1. The maximum Gasteiger partial charge on any atom is 0.410 e. The molecule has 0 aromatic rings. The number of carbonyl (C=O) groups is 2. The van der Waals surface area contributed by atoms with E-state index in [0.717, 1.165) is 6.42 Å². The molecule has 5 heteroatoms. The monoisotopic (exact) mass is 269 g/mol. The van der Waals surface area contributed by atoms with Crippen molar-refractivity contribution in [3.63, 3.8) is 0 Å². The Morgan fingerprint density at radius 2 is 1.63 bits per heavy atom. The molecule has 1 amide bonds. The molecule has 2 aliphatic rings. The lowest BCUT2D eigenvalue weighted by atomic mass is 9.72. The molecule has 1 aliphatic carbocycles. The Morgan fingerprint density at radius 1 is 1.11 bits per heavy atom. The van der Waals surface area contributed by atoms with Crippen LogP contribution in [-0.2, 0) is 9.53 Å². The lowest BCUT2D eigenvalue weighted by Gasteiger charge is -2.43. The fraction of sp³-hybridized carbons (Fsp3) is 0.857. The van der Waals surface area contributed by atoms with Crippen LogP contribution in [0, 0.1) is 17.8 Å². The molecular formula is C14H23NO4. The molecule has 1 aliphatic heterocycles. The van der Waals surface area contributed by atoms with E-state index in [9.17, 15) is 9.59 Å². The van der Waals surface area contributed by atoms with Gasteiger partial charge < -0.3 is 14.7 Å². The van der Waals surface area contributed by atoms with Gasteiger partial charge in [-0.3, -0.25) is 4.79 Å². The molecule has 2 bridgehead atoms. The van der Waals surface area contributed by atoms with E-state index >= 15 is 0 Å². The van der Waals surface area contributed by atoms with Gasteiger partial charge in [-0.2, -0.15) is 0 Å². The number of rotatable bonds is 1. The average Bonchev–Trinajstić information content (AvgIpc) is 2.25. The van der Waals surface area contributed by atoms with Crippen molar-refractivity contribution in [3.8, 4) is 0 Å². The summed E-state index contributed by atoms with van der Waals surface area (Å²) in [5.74, 6) is -0.313. The van der Waals surface area contributed by atoms with Crippen LogP contribution >= 0.6 is 0 Å². The quantitative estimate of drug-likeness (QED) is 0.793. The molecule has 1 saturated carbocycles. The molecule has 2 rings (SSSR count). The zero-order valence-corrected chi connectivity index (χ0v) is 11.9. The summed E-state index contributed by atoms with van der Waals surface area (Å²) in [6.07, 6.45) is 2.15. The minimum atomic E-state index is -0.694. The number of hydrogen-bond acceptors (Lipinski definition) is 3. The van der Waals surface area contributed by atoms with Gasteiger partial charge in [-0.25, -0.2) is 4.79 Å². The largest absolute Gasteiger partial charge is 0.481 e. The number of ether oxygens (including phenoxy) is 1. The fourth-order valence-electron chi connectivity index (χ4n) is 3.24. The summed E-state index contributed by atoms with van der Waals surface area (Å²) < 4.78 is 5.39. The number of nitrogens with zero attached hydrogens (tertiary/aromatic N) is 1. The van der Waals surface area contributed by atoms with Crippen molar-refractivity contribution in [3.05, 3.63) is 0 Å². The molecule has 1 saturated heterocycles. The second kappa shape index (κ2) is 5.02. The van der Waals surface area contributed by atoms with Gasteiger partial charge in [-0.05, 0) is 51.9 Å². The van der Waals surface area contributed by atoms with Gasteiger partial charge in [0, 0.05) is 13.1 Å². The maximum absolute atomic E-state index is 12.0. The molecule has 0 radical (unpaired) electrons. The van der Waals surface area contributed by atoms with Crippen LogP contribution < -0.4 is 0 Å². The number of carboxylic acid groups (broad SMARTS) is 1. The summed E-state index contributed by atoms with van der Waals surface area (Å²) in [6, 6.07) is 0. The van der Waals surface area contributed by atoms with E-state index in [1.54, 1.807) is 4.90 Å². The number of amides is 1. The zero-order valence-electron chi connectivity index (χ0n) is 11.9. The van der Waals surface area contributed by atoms with Crippen molar-refractivity contribution in [1.29, 1.82) is 0 Å². The van der Waals surface area contributed by atoms with Crippen LogP contribution in [0.5, 0.6) is 0 Å². The molecular weight excluding hydrogens is 246 g/mol. The number of likely N-dealkylation sites (tertiary alicyclic amines) is 1. The number of carbonyl (C=O) groups excluding carboxylic acids is 1. The normalized spacial score (nSPS) is 30.9. The van der Waals surface area contributed by atoms with Crippen LogP contribution in [0.25, 0.3) is 0 Å². The van der Waals surface area contributed by atoms with Crippen LogP contribution in [0.15, 0.2) is 0 Å². The Balaban J connectivity index is 1.95. The number of carboxylic acids is 1. The molecule has 2 fully saturated rings. The Labute approximate surface area is 113 Å². The second-order valence-corrected chi connectivity index (χ2v) is 6.86. The lowest BCUT2D eigenvalue weighted by molar-refractivity contribution is -0.145. The smallest absolute Gasteiger partial charge is 0.410 e. The third kappa shape index (κ3) is 3.61. The average molecular weight is 269 g/mol. The molecule has 108 valence electrons. The second-order valence-electron chi connectivity index (χ2n) is 6.86. The predicted molar refractivity (Wildman–Crippen MR) is 69.8 cm³/mol. The van der Waals surface area contributed by atoms with E-state index in [-0.39, 0.29) is 12.0 Å². The van der Waals surface area contributed by atoms with Gasteiger partial charge >= 0.3 is 12.1 Å². The maximum atomic E-state index is 12.0. The Morgan fingerprint density at radius 3 is 2.05 bits per heavy atom. The summed E-state index contributed by atoms with van der Waals surface area (Å²) in [6.45, 7) is 6.84. The minimum Gasteiger partial charge on any atom is -0.481 e. The summed E-state index contributed by atoms with van der Waals surface area (Å²) in [7, 11) is 0. The number of hydrogen-bond donors (Lipinski definition) is 1. The third-order valence-corrected chi connectivity index (χ3v) is 3.86. The molecule has 0 aromatic heterocycles. The Hall–Kier alpha value is -1.26. The highest BCUT2D eigenvalue weighted by molar-refractivity contribution is 5.71. The molecule has 0 aromatic carbocycles. The van der Waals surface area contributed by atoms with Crippen molar-refractivity contribution in [2.24, 2.45) is 17.8 Å². The zero-order chi connectivity index (χ0) is 14.2. The summed E-state index contributed by atoms with van der Waals surface area (Å²) in [5.41, 5.74) is -0.479. The first-order valence-corrected chi connectivity index (χ1v) is 6.95. The molecule has 0 spiro atoms. The predicted octanol–water partition coefficient (Wildman–Crippen LogP) is 2.35. The van der Waals surface area contributed by atoms with Gasteiger partial charge in [-0.15, -0.1) is 0 Å².